The van der Waals surface area contributed by atoms with Crippen molar-refractivity contribution in [3.05, 3.63) is 35.9 Å². The molecular weight excluding hydrogens is 200 g/mol. The third-order valence-corrected chi connectivity index (χ3v) is 2.13. The van der Waals surface area contributed by atoms with Crippen LogP contribution in [-0.2, 0) is 0 Å². The molecule has 0 spiro atoms. The molecule has 0 aliphatic rings. The zero-order valence-electron chi connectivity index (χ0n) is 9.54. The summed E-state index contributed by atoms with van der Waals surface area (Å²) in [5, 5.41) is 0. The Labute approximate surface area is 95.9 Å². The minimum Gasteiger partial charge on any atom is -0.481 e. The van der Waals surface area contributed by atoms with Gasteiger partial charge < -0.3 is 4.74 Å². The number of carbonyl (C=O) groups is 1. The fourth-order valence-electron chi connectivity index (χ4n) is 1.26. The first-order valence-corrected chi connectivity index (χ1v) is 4.92. The summed E-state index contributed by atoms with van der Waals surface area (Å²) in [4.78, 5) is 11.3. The number of carbonyl (C=O) groups excluding carboxylic acids is 1. The van der Waals surface area contributed by atoms with Crippen LogP contribution in [0.15, 0.2) is 24.8 Å². The molecule has 0 aromatic heterocycles. The van der Waals surface area contributed by atoms with Crippen LogP contribution in [0.3, 0.4) is 0 Å². The summed E-state index contributed by atoms with van der Waals surface area (Å²) in [5.41, 5.74) is 2.38. The van der Waals surface area contributed by atoms with E-state index in [-0.39, 0.29) is 12.4 Å². The van der Waals surface area contributed by atoms with Crippen LogP contribution in [-0.4, -0.2) is 12.4 Å². The Kier molecular flexibility index (Phi) is 3.90. The third kappa shape index (κ3) is 2.99. The summed E-state index contributed by atoms with van der Waals surface area (Å²) in [7, 11) is 0. The summed E-state index contributed by atoms with van der Waals surface area (Å²) in [6.07, 6.45) is 5.11. The van der Waals surface area contributed by atoms with E-state index >= 15 is 0 Å². The zero-order chi connectivity index (χ0) is 12.1. The van der Waals surface area contributed by atoms with Crippen molar-refractivity contribution in [1.29, 1.82) is 0 Å². The smallest absolute Gasteiger partial charge is 0.159 e. The van der Waals surface area contributed by atoms with Crippen LogP contribution >= 0.6 is 0 Å². The lowest BCUT2D eigenvalue weighted by molar-refractivity contribution is 0.101. The number of rotatable bonds is 4. The van der Waals surface area contributed by atoms with Gasteiger partial charge in [-0.3, -0.25) is 4.79 Å². The average Bonchev–Trinajstić information content (AvgIpc) is 2.25. The molecule has 0 aliphatic carbocycles. The fourth-order valence-corrected chi connectivity index (χ4v) is 1.26. The van der Waals surface area contributed by atoms with Gasteiger partial charge in [0.2, 0.25) is 0 Å². The number of Topliss-reactive ketones (excluding diaryl/α,β-unsaturated/α-hetero) is 1. The van der Waals surface area contributed by atoms with Crippen molar-refractivity contribution in [3.8, 4) is 18.1 Å². The van der Waals surface area contributed by atoms with Gasteiger partial charge in [-0.05, 0) is 37.6 Å². The van der Waals surface area contributed by atoms with Crippen LogP contribution in [0.25, 0.3) is 5.57 Å². The summed E-state index contributed by atoms with van der Waals surface area (Å²) in [6.45, 7) is 7.43. The molecule has 2 heteroatoms. The molecule has 1 rings (SSSR count). The molecule has 0 atom stereocenters. The third-order valence-electron chi connectivity index (χ3n) is 2.13. The van der Waals surface area contributed by atoms with E-state index in [9.17, 15) is 4.79 Å². The van der Waals surface area contributed by atoms with Gasteiger partial charge in [0.1, 0.15) is 12.4 Å². The summed E-state index contributed by atoms with van der Waals surface area (Å²) in [5.74, 6) is 2.98. The molecule has 1 aromatic rings. The molecule has 0 saturated heterocycles. The Morgan fingerprint density at radius 3 is 2.50 bits per heavy atom. The predicted octanol–water partition coefficient (Wildman–Crippen LogP) is 2.93. The van der Waals surface area contributed by atoms with Crippen molar-refractivity contribution in [2.24, 2.45) is 0 Å². The highest BCUT2D eigenvalue weighted by molar-refractivity contribution is 5.95. The van der Waals surface area contributed by atoms with Crippen molar-refractivity contribution >= 4 is 11.4 Å². The van der Waals surface area contributed by atoms with Gasteiger partial charge in [-0.1, -0.05) is 18.1 Å². The Balaban J connectivity index is 3.14. The van der Waals surface area contributed by atoms with Gasteiger partial charge in [-0.2, -0.15) is 0 Å². The van der Waals surface area contributed by atoms with Crippen LogP contribution in [0.1, 0.15) is 29.8 Å². The molecule has 0 saturated carbocycles. The summed E-state index contributed by atoms with van der Waals surface area (Å²) < 4.78 is 5.31. The highest BCUT2D eigenvalue weighted by Crippen LogP contribution is 2.22. The molecule has 1 aromatic carbocycles. The quantitative estimate of drug-likeness (QED) is 0.569. The second-order valence-corrected chi connectivity index (χ2v) is 3.58. The van der Waals surface area contributed by atoms with Crippen molar-refractivity contribution in [2.45, 2.75) is 13.8 Å². The summed E-state index contributed by atoms with van der Waals surface area (Å²) in [6, 6.07) is 5.31. The molecule has 0 bridgehead atoms. The standard InChI is InChI=1S/C14H14O2/c1-5-6-16-14-8-12(10(2)3)7-13(9-14)11(4)15/h1,7-9H,2,6H2,3-4H3. The van der Waals surface area contributed by atoms with Crippen LogP contribution < -0.4 is 4.74 Å². The van der Waals surface area contributed by atoms with Crippen molar-refractivity contribution < 1.29 is 9.53 Å². The molecule has 2 nitrogen and oxygen atoms in total. The van der Waals surface area contributed by atoms with Crippen LogP contribution in [0.5, 0.6) is 5.75 Å². The second kappa shape index (κ2) is 5.18. The number of hydrogen-bond donors (Lipinski definition) is 0. The van der Waals surface area contributed by atoms with Crippen molar-refractivity contribution in [3.63, 3.8) is 0 Å². The van der Waals surface area contributed by atoms with E-state index < -0.39 is 0 Å². The van der Waals surface area contributed by atoms with Gasteiger partial charge in [0.15, 0.2) is 5.78 Å². The molecule has 0 amide bonds. The Bertz CT molecular complexity index is 432. The lowest BCUT2D eigenvalue weighted by atomic mass is 10.0. The van der Waals surface area contributed by atoms with E-state index in [2.05, 4.69) is 12.5 Å². The molecule has 0 aliphatic heterocycles. The normalized spacial score (nSPS) is 9.31. The van der Waals surface area contributed by atoms with Gasteiger partial charge in [-0.15, -0.1) is 6.42 Å². The predicted molar refractivity (Wildman–Crippen MR) is 65.5 cm³/mol. The van der Waals surface area contributed by atoms with Gasteiger partial charge >= 0.3 is 0 Å². The molecule has 0 fully saturated rings. The Morgan fingerprint density at radius 1 is 1.38 bits per heavy atom. The van der Waals surface area contributed by atoms with Gasteiger partial charge in [0, 0.05) is 5.56 Å². The van der Waals surface area contributed by atoms with Gasteiger partial charge in [0.25, 0.3) is 0 Å². The molecule has 0 unspecified atom stereocenters. The lowest BCUT2D eigenvalue weighted by Crippen LogP contribution is -1.98. The molecule has 0 radical (unpaired) electrons. The second-order valence-electron chi connectivity index (χ2n) is 3.58. The SMILES string of the molecule is C#CCOc1cc(C(=C)C)cc(C(C)=O)c1. The molecule has 16 heavy (non-hydrogen) atoms. The maximum atomic E-state index is 11.3. The molecule has 0 heterocycles. The van der Waals surface area contributed by atoms with E-state index in [0.717, 1.165) is 11.1 Å². The maximum absolute atomic E-state index is 11.3. The first-order chi connectivity index (χ1) is 7.54. The van der Waals surface area contributed by atoms with E-state index in [1.807, 2.05) is 13.0 Å². The monoisotopic (exact) mass is 214 g/mol. The fraction of sp³-hybridized carbons (Fsp3) is 0.214. The number of terminal acetylenes is 1. The average molecular weight is 214 g/mol. The largest absolute Gasteiger partial charge is 0.481 e. The van der Waals surface area contributed by atoms with Crippen LogP contribution in [0, 0.1) is 12.3 Å². The van der Waals surface area contributed by atoms with E-state index in [4.69, 9.17) is 11.2 Å². The first kappa shape index (κ1) is 12.1. The zero-order valence-corrected chi connectivity index (χ0v) is 9.54. The maximum Gasteiger partial charge on any atom is 0.159 e. The number of ether oxygens (including phenoxy) is 1. The Morgan fingerprint density at radius 2 is 2.00 bits per heavy atom. The highest BCUT2D eigenvalue weighted by atomic mass is 16.5. The summed E-state index contributed by atoms with van der Waals surface area (Å²) >= 11 is 0. The first-order valence-electron chi connectivity index (χ1n) is 4.92. The molecular formula is C14H14O2. The van der Waals surface area contributed by atoms with Gasteiger partial charge in [0.05, 0.1) is 0 Å². The van der Waals surface area contributed by atoms with Crippen molar-refractivity contribution in [2.75, 3.05) is 6.61 Å². The van der Waals surface area contributed by atoms with Crippen LogP contribution in [0.2, 0.25) is 0 Å². The number of allylic oxidation sites excluding steroid dienone is 1. The lowest BCUT2D eigenvalue weighted by Gasteiger charge is -2.08. The number of benzene rings is 1. The Hall–Kier alpha value is -2.01. The van der Waals surface area contributed by atoms with E-state index in [0.29, 0.717) is 11.3 Å². The van der Waals surface area contributed by atoms with Gasteiger partial charge in [-0.25, -0.2) is 0 Å². The number of hydrogen-bond acceptors (Lipinski definition) is 2. The van der Waals surface area contributed by atoms with Crippen molar-refractivity contribution in [1.82, 2.24) is 0 Å². The van der Waals surface area contributed by atoms with Crippen LogP contribution in [0.4, 0.5) is 0 Å². The van der Waals surface area contributed by atoms with E-state index in [1.54, 1.807) is 12.1 Å². The van der Waals surface area contributed by atoms with E-state index in [1.165, 1.54) is 6.92 Å². The molecule has 82 valence electrons. The topological polar surface area (TPSA) is 26.3 Å². The number of ketones is 1. The molecule has 0 N–H and O–H groups in total. The minimum atomic E-state index is -0.00587. The minimum absolute atomic E-state index is 0.00587. The highest BCUT2D eigenvalue weighted by Gasteiger charge is 2.05.